The fraction of sp³-hybridized carbons (Fsp3) is 0.400. The van der Waals surface area contributed by atoms with E-state index in [1.54, 1.807) is 0 Å². The van der Waals surface area contributed by atoms with E-state index in [2.05, 4.69) is 49.3 Å². The molecular weight excluding hydrogens is 308 g/mol. The van der Waals surface area contributed by atoms with Gasteiger partial charge in [0.2, 0.25) is 0 Å². The monoisotopic (exact) mass is 320 g/mol. The van der Waals surface area contributed by atoms with Crippen LogP contribution < -0.4 is 11.1 Å². The molecule has 0 unspecified atom stereocenters. The molecule has 0 fully saturated rings. The van der Waals surface area contributed by atoms with E-state index in [-0.39, 0.29) is 0 Å². The Morgan fingerprint density at radius 1 is 1.14 bits per heavy atom. The van der Waals surface area contributed by atoms with E-state index in [0.717, 1.165) is 35.0 Å². The third kappa shape index (κ3) is 4.55. The van der Waals surface area contributed by atoms with Gasteiger partial charge in [-0.05, 0) is 43.3 Å². The summed E-state index contributed by atoms with van der Waals surface area (Å²) < 4.78 is 2.20. The van der Waals surface area contributed by atoms with Crippen molar-refractivity contribution >= 4 is 31.9 Å². The van der Waals surface area contributed by atoms with Gasteiger partial charge in [-0.3, -0.25) is 0 Å². The van der Waals surface area contributed by atoms with Crippen molar-refractivity contribution in [3.63, 3.8) is 0 Å². The van der Waals surface area contributed by atoms with Gasteiger partial charge in [-0.15, -0.1) is 0 Å². The highest BCUT2D eigenvalue weighted by Gasteiger charge is 1.96. The lowest BCUT2D eigenvalue weighted by Gasteiger charge is -2.05. The van der Waals surface area contributed by atoms with Gasteiger partial charge in [0.15, 0.2) is 0 Å². The van der Waals surface area contributed by atoms with E-state index in [4.69, 9.17) is 5.73 Å². The molecule has 2 nitrogen and oxygen atoms in total. The van der Waals surface area contributed by atoms with Crippen molar-refractivity contribution in [2.75, 3.05) is 13.1 Å². The highest BCUT2D eigenvalue weighted by molar-refractivity contribution is 9.11. The number of halogens is 2. The summed E-state index contributed by atoms with van der Waals surface area (Å²) in [5.41, 5.74) is 6.67. The van der Waals surface area contributed by atoms with Gasteiger partial charge in [0.1, 0.15) is 0 Å². The van der Waals surface area contributed by atoms with Gasteiger partial charge < -0.3 is 11.1 Å². The Hall–Kier alpha value is 0.1000. The first-order chi connectivity index (χ1) is 6.72. The number of nitrogens with two attached hydrogens (primary N) is 1. The second kappa shape index (κ2) is 6.56. The molecule has 0 radical (unpaired) electrons. The molecule has 0 atom stereocenters. The van der Waals surface area contributed by atoms with E-state index in [0.29, 0.717) is 0 Å². The fourth-order valence-corrected chi connectivity index (χ4v) is 2.56. The highest BCUT2D eigenvalue weighted by atomic mass is 79.9. The molecule has 0 heterocycles. The Labute approximate surface area is 102 Å². The van der Waals surface area contributed by atoms with Crippen LogP contribution in [-0.2, 0) is 6.54 Å². The van der Waals surface area contributed by atoms with Crippen molar-refractivity contribution in [3.05, 3.63) is 32.7 Å². The number of nitrogens with one attached hydrogen (secondary N) is 1. The summed E-state index contributed by atoms with van der Waals surface area (Å²) in [6.07, 6.45) is 1.02. The molecule has 0 aliphatic rings. The van der Waals surface area contributed by atoms with Gasteiger partial charge in [0.05, 0.1) is 0 Å². The zero-order valence-corrected chi connectivity index (χ0v) is 11.1. The molecule has 1 rings (SSSR count). The Balaban J connectivity index is 2.42. The summed E-state index contributed by atoms with van der Waals surface area (Å²) >= 11 is 6.92. The number of benzene rings is 1. The second-order valence-corrected chi connectivity index (χ2v) is 4.93. The Morgan fingerprint density at radius 3 is 2.36 bits per heavy atom. The highest BCUT2D eigenvalue weighted by Crippen LogP contribution is 2.19. The summed E-state index contributed by atoms with van der Waals surface area (Å²) in [6.45, 7) is 2.61. The molecule has 14 heavy (non-hydrogen) atoms. The molecule has 3 N–H and O–H groups in total. The quantitative estimate of drug-likeness (QED) is 0.818. The van der Waals surface area contributed by atoms with Gasteiger partial charge >= 0.3 is 0 Å². The van der Waals surface area contributed by atoms with E-state index in [1.807, 2.05) is 6.07 Å². The van der Waals surface area contributed by atoms with Gasteiger partial charge in [-0.2, -0.15) is 0 Å². The number of hydrogen-bond donors (Lipinski definition) is 2. The smallest absolute Gasteiger partial charge is 0.0206 e. The minimum Gasteiger partial charge on any atom is -0.330 e. The molecule has 0 saturated heterocycles. The predicted octanol–water partition coefficient (Wildman–Crippen LogP) is 2.65. The molecule has 1 aromatic rings. The molecule has 0 bridgehead atoms. The average molecular weight is 322 g/mol. The lowest BCUT2D eigenvalue weighted by Crippen LogP contribution is -2.17. The molecular formula is C10H14Br2N2. The summed E-state index contributed by atoms with van der Waals surface area (Å²) in [4.78, 5) is 0. The summed E-state index contributed by atoms with van der Waals surface area (Å²) in [5, 5.41) is 3.34. The summed E-state index contributed by atoms with van der Waals surface area (Å²) in [5.74, 6) is 0. The molecule has 0 aliphatic heterocycles. The van der Waals surface area contributed by atoms with Crippen molar-refractivity contribution < 1.29 is 0 Å². The lowest BCUT2D eigenvalue weighted by atomic mass is 10.2. The minimum atomic E-state index is 0.745. The summed E-state index contributed by atoms with van der Waals surface area (Å²) in [7, 11) is 0. The van der Waals surface area contributed by atoms with Crippen molar-refractivity contribution in [1.82, 2.24) is 5.32 Å². The van der Waals surface area contributed by atoms with Crippen molar-refractivity contribution in [1.29, 1.82) is 0 Å². The van der Waals surface area contributed by atoms with E-state index < -0.39 is 0 Å². The Bertz CT molecular complexity index is 269. The van der Waals surface area contributed by atoms with Crippen LogP contribution in [0, 0.1) is 0 Å². The average Bonchev–Trinajstić information content (AvgIpc) is 2.11. The maximum absolute atomic E-state index is 5.40. The van der Waals surface area contributed by atoms with Gasteiger partial charge in [0, 0.05) is 15.5 Å². The Morgan fingerprint density at radius 2 is 1.79 bits per heavy atom. The zero-order valence-electron chi connectivity index (χ0n) is 7.89. The van der Waals surface area contributed by atoms with Gasteiger partial charge in [-0.1, -0.05) is 31.9 Å². The fourth-order valence-electron chi connectivity index (χ4n) is 1.17. The minimum absolute atomic E-state index is 0.745. The van der Waals surface area contributed by atoms with E-state index in [9.17, 15) is 0 Å². The third-order valence-electron chi connectivity index (χ3n) is 1.81. The molecule has 0 aliphatic carbocycles. The van der Waals surface area contributed by atoms with Crippen LogP contribution in [0.15, 0.2) is 27.1 Å². The summed E-state index contributed by atoms with van der Waals surface area (Å²) in [6, 6.07) is 6.25. The standard InChI is InChI=1S/C10H14Br2N2/c11-9-4-8(5-10(12)6-9)7-14-3-1-2-13/h4-6,14H,1-3,7,13H2. The molecule has 0 amide bonds. The molecule has 0 aromatic heterocycles. The van der Waals surface area contributed by atoms with E-state index in [1.165, 1.54) is 5.56 Å². The maximum atomic E-state index is 5.40. The lowest BCUT2D eigenvalue weighted by molar-refractivity contribution is 0.655. The van der Waals surface area contributed by atoms with Crippen LogP contribution in [0.5, 0.6) is 0 Å². The predicted molar refractivity (Wildman–Crippen MR) is 67.2 cm³/mol. The maximum Gasteiger partial charge on any atom is 0.0206 e. The largest absolute Gasteiger partial charge is 0.330 e. The molecule has 1 aromatic carbocycles. The van der Waals surface area contributed by atoms with Crippen molar-refractivity contribution in [3.8, 4) is 0 Å². The normalized spacial score (nSPS) is 10.5. The molecule has 0 saturated carbocycles. The Kier molecular flexibility index (Phi) is 5.70. The van der Waals surface area contributed by atoms with E-state index >= 15 is 0 Å². The number of hydrogen-bond acceptors (Lipinski definition) is 2. The molecule has 4 heteroatoms. The first-order valence-corrected chi connectivity index (χ1v) is 6.16. The van der Waals surface area contributed by atoms with Crippen LogP contribution >= 0.6 is 31.9 Å². The first kappa shape index (κ1) is 12.2. The van der Waals surface area contributed by atoms with Gasteiger partial charge in [0.25, 0.3) is 0 Å². The van der Waals surface area contributed by atoms with Crippen LogP contribution in [0.2, 0.25) is 0 Å². The topological polar surface area (TPSA) is 38.0 Å². The van der Waals surface area contributed by atoms with Crippen LogP contribution in [0.1, 0.15) is 12.0 Å². The van der Waals surface area contributed by atoms with Gasteiger partial charge in [-0.25, -0.2) is 0 Å². The van der Waals surface area contributed by atoms with Crippen LogP contribution in [0.3, 0.4) is 0 Å². The number of rotatable bonds is 5. The molecule has 0 spiro atoms. The van der Waals surface area contributed by atoms with Crippen molar-refractivity contribution in [2.45, 2.75) is 13.0 Å². The van der Waals surface area contributed by atoms with Crippen molar-refractivity contribution in [2.24, 2.45) is 5.73 Å². The second-order valence-electron chi connectivity index (χ2n) is 3.10. The van der Waals surface area contributed by atoms with Crippen LogP contribution in [0.25, 0.3) is 0 Å². The van der Waals surface area contributed by atoms with Crippen LogP contribution in [-0.4, -0.2) is 13.1 Å². The zero-order chi connectivity index (χ0) is 10.4. The van der Waals surface area contributed by atoms with Crippen LogP contribution in [0.4, 0.5) is 0 Å². The SMILES string of the molecule is NCCCNCc1cc(Br)cc(Br)c1. The molecule has 78 valence electrons. The third-order valence-corrected chi connectivity index (χ3v) is 2.72. The first-order valence-electron chi connectivity index (χ1n) is 4.58.